The monoisotopic (exact) mass is 340 g/mol. The van der Waals surface area contributed by atoms with Crippen molar-refractivity contribution in [2.24, 2.45) is 0 Å². The molecule has 128 valence electrons. The van der Waals surface area contributed by atoms with E-state index in [1.54, 1.807) is 12.1 Å². The second kappa shape index (κ2) is 7.47. The highest BCUT2D eigenvalue weighted by molar-refractivity contribution is 5.75. The molecule has 2 aromatic rings. The fourth-order valence-electron chi connectivity index (χ4n) is 2.47. The number of alkyl halides is 3. The first kappa shape index (κ1) is 18.0. The van der Waals surface area contributed by atoms with Gasteiger partial charge >= 0.3 is 6.36 Å². The molecule has 0 aromatic heterocycles. The maximum atomic E-state index is 13.1. The number of carbonyl (C=O) groups is 1. The van der Waals surface area contributed by atoms with E-state index in [-0.39, 0.29) is 23.3 Å². The molecule has 6 heteroatoms. The zero-order valence-electron chi connectivity index (χ0n) is 12.9. The van der Waals surface area contributed by atoms with E-state index in [0.29, 0.717) is 12.8 Å². The van der Waals surface area contributed by atoms with Crippen molar-refractivity contribution in [2.75, 3.05) is 0 Å². The van der Waals surface area contributed by atoms with Crippen molar-refractivity contribution in [3.8, 4) is 5.75 Å². The molecule has 0 fully saturated rings. The molecule has 0 saturated carbocycles. The number of benzene rings is 2. The van der Waals surface area contributed by atoms with Crippen molar-refractivity contribution in [2.45, 2.75) is 32.0 Å². The van der Waals surface area contributed by atoms with Crippen LogP contribution in [0.1, 0.15) is 36.8 Å². The first-order valence-electron chi connectivity index (χ1n) is 7.35. The molecule has 24 heavy (non-hydrogen) atoms. The molecule has 2 nitrogen and oxygen atoms in total. The number of Topliss-reactive ketones (excluding diaryl/α,β-unsaturated/α-hetero) is 1. The molecule has 0 spiro atoms. The number of rotatable bonds is 6. The lowest BCUT2D eigenvalue weighted by atomic mass is 9.87. The van der Waals surface area contributed by atoms with Crippen LogP contribution in [0.25, 0.3) is 0 Å². The lowest BCUT2D eigenvalue weighted by molar-refractivity contribution is -0.274. The van der Waals surface area contributed by atoms with E-state index in [2.05, 4.69) is 4.74 Å². The Hall–Kier alpha value is -2.37. The van der Waals surface area contributed by atoms with Gasteiger partial charge in [0.05, 0.1) is 0 Å². The second-order valence-corrected chi connectivity index (χ2v) is 5.46. The summed E-state index contributed by atoms with van der Waals surface area (Å²) in [6.45, 7) is 1.47. The molecule has 0 aliphatic rings. The normalized spacial score (nSPS) is 12.7. The average molecular weight is 340 g/mol. The maximum absolute atomic E-state index is 13.1. The Kier molecular flexibility index (Phi) is 5.59. The fraction of sp³-hybridized carbons (Fsp3) is 0.278. The van der Waals surface area contributed by atoms with Gasteiger partial charge in [-0.25, -0.2) is 4.39 Å². The largest absolute Gasteiger partial charge is 0.573 e. The molecule has 2 rings (SSSR count). The van der Waals surface area contributed by atoms with Crippen molar-refractivity contribution in [1.29, 1.82) is 0 Å². The molecule has 1 unspecified atom stereocenters. The Morgan fingerprint density at radius 2 is 1.50 bits per heavy atom. The summed E-state index contributed by atoms with van der Waals surface area (Å²) in [5.41, 5.74) is 1.53. The molecule has 0 N–H and O–H groups in total. The second-order valence-electron chi connectivity index (χ2n) is 5.46. The van der Waals surface area contributed by atoms with E-state index in [1.807, 2.05) is 0 Å². The zero-order chi connectivity index (χ0) is 17.7. The molecule has 1 atom stereocenters. The molecule has 0 radical (unpaired) electrons. The Bertz CT molecular complexity index is 676. The summed E-state index contributed by atoms with van der Waals surface area (Å²) >= 11 is 0. The number of ether oxygens (including phenoxy) is 1. The van der Waals surface area contributed by atoms with Crippen LogP contribution in [0.2, 0.25) is 0 Å². The number of hydrogen-bond acceptors (Lipinski definition) is 2. The fourth-order valence-corrected chi connectivity index (χ4v) is 2.47. The van der Waals surface area contributed by atoms with Crippen LogP contribution in [0.15, 0.2) is 48.5 Å². The van der Waals surface area contributed by atoms with Crippen molar-refractivity contribution in [3.05, 3.63) is 65.5 Å². The standard InChI is InChI=1S/C18H16F4O2/c1-12(23)2-11-17(13-3-7-15(19)8-4-13)14-5-9-16(10-6-14)24-18(20,21)22/h3-10,17H,2,11H2,1H3. The van der Waals surface area contributed by atoms with Crippen molar-refractivity contribution >= 4 is 5.78 Å². The van der Waals surface area contributed by atoms with Gasteiger partial charge in [0, 0.05) is 12.3 Å². The van der Waals surface area contributed by atoms with Crippen LogP contribution < -0.4 is 4.74 Å². The van der Waals surface area contributed by atoms with E-state index in [4.69, 9.17) is 0 Å². The molecule has 0 aliphatic heterocycles. The van der Waals surface area contributed by atoms with Crippen LogP contribution in [0.4, 0.5) is 17.6 Å². The number of halogens is 4. The van der Waals surface area contributed by atoms with Crippen LogP contribution in [0.3, 0.4) is 0 Å². The van der Waals surface area contributed by atoms with Gasteiger partial charge in [0.1, 0.15) is 17.3 Å². The summed E-state index contributed by atoms with van der Waals surface area (Å²) in [6.07, 6.45) is -3.93. The predicted molar refractivity (Wildman–Crippen MR) is 81.3 cm³/mol. The predicted octanol–water partition coefficient (Wildman–Crippen LogP) is 5.23. The number of hydrogen-bond donors (Lipinski definition) is 0. The third kappa shape index (κ3) is 5.37. The highest BCUT2D eigenvalue weighted by Crippen LogP contribution is 2.31. The SMILES string of the molecule is CC(=O)CCC(c1ccc(F)cc1)c1ccc(OC(F)(F)F)cc1. The smallest absolute Gasteiger partial charge is 0.406 e. The van der Waals surface area contributed by atoms with Crippen molar-refractivity contribution in [3.63, 3.8) is 0 Å². The first-order chi connectivity index (χ1) is 11.2. The van der Waals surface area contributed by atoms with Gasteiger partial charge in [-0.1, -0.05) is 24.3 Å². The number of carbonyl (C=O) groups excluding carboxylic acids is 1. The van der Waals surface area contributed by atoms with Gasteiger partial charge in [0.25, 0.3) is 0 Å². The Morgan fingerprint density at radius 1 is 1.00 bits per heavy atom. The van der Waals surface area contributed by atoms with Crippen LogP contribution in [-0.4, -0.2) is 12.1 Å². The average Bonchev–Trinajstić information content (AvgIpc) is 2.49. The van der Waals surface area contributed by atoms with E-state index in [1.165, 1.54) is 43.3 Å². The Morgan fingerprint density at radius 3 is 1.96 bits per heavy atom. The van der Waals surface area contributed by atoms with Gasteiger partial charge in [0.2, 0.25) is 0 Å². The third-order valence-corrected chi connectivity index (χ3v) is 3.57. The maximum Gasteiger partial charge on any atom is 0.573 e. The van der Waals surface area contributed by atoms with E-state index in [0.717, 1.165) is 11.1 Å². The summed E-state index contributed by atoms with van der Waals surface area (Å²) < 4.78 is 53.6. The molecule has 0 heterocycles. The summed E-state index contributed by atoms with van der Waals surface area (Å²) in [5, 5.41) is 0. The molecule has 0 bridgehead atoms. The van der Waals surface area contributed by atoms with Gasteiger partial charge in [-0.2, -0.15) is 0 Å². The quantitative estimate of drug-likeness (QED) is 0.674. The van der Waals surface area contributed by atoms with E-state index in [9.17, 15) is 22.4 Å². The number of ketones is 1. The van der Waals surface area contributed by atoms with Crippen molar-refractivity contribution < 1.29 is 27.1 Å². The lowest BCUT2D eigenvalue weighted by Gasteiger charge is -2.18. The Balaban J connectivity index is 2.25. The highest BCUT2D eigenvalue weighted by atomic mass is 19.4. The molecular weight excluding hydrogens is 324 g/mol. The van der Waals surface area contributed by atoms with Crippen LogP contribution >= 0.6 is 0 Å². The lowest BCUT2D eigenvalue weighted by Crippen LogP contribution is -2.17. The molecular formula is C18H16F4O2. The molecule has 0 amide bonds. The topological polar surface area (TPSA) is 26.3 Å². The summed E-state index contributed by atoms with van der Waals surface area (Å²) in [4.78, 5) is 11.3. The summed E-state index contributed by atoms with van der Waals surface area (Å²) in [7, 11) is 0. The first-order valence-corrected chi connectivity index (χ1v) is 7.35. The van der Waals surface area contributed by atoms with Gasteiger partial charge in [0.15, 0.2) is 0 Å². The molecule has 0 aliphatic carbocycles. The van der Waals surface area contributed by atoms with Crippen LogP contribution in [0.5, 0.6) is 5.75 Å². The van der Waals surface area contributed by atoms with Gasteiger partial charge in [-0.05, 0) is 48.7 Å². The highest BCUT2D eigenvalue weighted by Gasteiger charge is 2.31. The summed E-state index contributed by atoms with van der Waals surface area (Å²) in [6, 6.07) is 11.4. The minimum Gasteiger partial charge on any atom is -0.406 e. The van der Waals surface area contributed by atoms with Gasteiger partial charge in [-0.15, -0.1) is 13.2 Å². The van der Waals surface area contributed by atoms with Gasteiger partial charge < -0.3 is 9.53 Å². The van der Waals surface area contributed by atoms with Crippen molar-refractivity contribution in [1.82, 2.24) is 0 Å². The zero-order valence-corrected chi connectivity index (χ0v) is 12.9. The van der Waals surface area contributed by atoms with Crippen LogP contribution in [0, 0.1) is 5.82 Å². The molecule has 0 saturated heterocycles. The third-order valence-electron chi connectivity index (χ3n) is 3.57. The van der Waals surface area contributed by atoms with E-state index >= 15 is 0 Å². The minimum absolute atomic E-state index is 0.0131. The summed E-state index contributed by atoms with van der Waals surface area (Å²) in [5.74, 6) is -0.887. The molecule has 2 aromatic carbocycles. The van der Waals surface area contributed by atoms with E-state index < -0.39 is 6.36 Å². The minimum atomic E-state index is -4.74. The van der Waals surface area contributed by atoms with Crippen LogP contribution in [-0.2, 0) is 4.79 Å². The Labute approximate surface area is 137 Å². The van der Waals surface area contributed by atoms with Gasteiger partial charge in [-0.3, -0.25) is 0 Å².